The number of hydrogen-bond donors (Lipinski definition) is 1. The van der Waals surface area contributed by atoms with Crippen LogP contribution in [0.15, 0.2) is 36.5 Å². The van der Waals surface area contributed by atoms with Crippen molar-refractivity contribution >= 4 is 6.29 Å². The third-order valence-electron chi connectivity index (χ3n) is 2.28. The summed E-state index contributed by atoms with van der Waals surface area (Å²) in [6.45, 7) is 2.05. The Bertz CT molecular complexity index is 457. The minimum Gasteiger partial charge on any atom is -0.360 e. The Balaban J connectivity index is 2.49. The number of benzene rings is 1. The first kappa shape index (κ1) is 8.75. The first-order chi connectivity index (χ1) is 6.81. The zero-order chi connectivity index (χ0) is 9.97. The lowest BCUT2D eigenvalue weighted by atomic mass is 10.1. The lowest BCUT2D eigenvalue weighted by molar-refractivity contribution is 0.112. The highest BCUT2D eigenvalue weighted by Gasteiger charge is 2.02. The van der Waals surface area contributed by atoms with Gasteiger partial charge in [0.05, 0.1) is 0 Å². The molecule has 14 heavy (non-hydrogen) atoms. The Morgan fingerprint density at radius 2 is 2.07 bits per heavy atom. The maximum atomic E-state index is 10.5. The number of carbonyl (C=O) groups excluding carboxylic acids is 1. The number of aromatic nitrogens is 1. The van der Waals surface area contributed by atoms with Crippen molar-refractivity contribution in [2.45, 2.75) is 6.92 Å². The molecule has 2 nitrogen and oxygen atoms in total. The van der Waals surface area contributed by atoms with E-state index in [1.807, 2.05) is 24.3 Å². The molecule has 2 aromatic rings. The van der Waals surface area contributed by atoms with E-state index in [-0.39, 0.29) is 0 Å². The van der Waals surface area contributed by atoms with Gasteiger partial charge in [-0.2, -0.15) is 0 Å². The summed E-state index contributed by atoms with van der Waals surface area (Å²) in [7, 11) is 0. The van der Waals surface area contributed by atoms with E-state index < -0.39 is 0 Å². The maximum Gasteiger partial charge on any atom is 0.151 e. The molecule has 70 valence electrons. The van der Waals surface area contributed by atoms with Gasteiger partial charge >= 0.3 is 0 Å². The van der Waals surface area contributed by atoms with Gasteiger partial charge in [-0.05, 0) is 18.6 Å². The normalized spacial score (nSPS) is 10.1. The highest BCUT2D eigenvalue weighted by molar-refractivity contribution is 5.78. The molecule has 0 unspecified atom stereocenters. The van der Waals surface area contributed by atoms with Gasteiger partial charge in [-0.3, -0.25) is 4.79 Å². The quantitative estimate of drug-likeness (QED) is 0.717. The number of aromatic amines is 1. The number of nitrogens with one attached hydrogen (secondary N) is 1. The van der Waals surface area contributed by atoms with Gasteiger partial charge in [0, 0.05) is 23.0 Å². The van der Waals surface area contributed by atoms with Crippen molar-refractivity contribution in [1.29, 1.82) is 0 Å². The summed E-state index contributed by atoms with van der Waals surface area (Å²) in [5.74, 6) is 0. The van der Waals surface area contributed by atoms with Crippen LogP contribution in [0.2, 0.25) is 0 Å². The molecule has 0 bridgehead atoms. The molecule has 2 heteroatoms. The van der Waals surface area contributed by atoms with Crippen LogP contribution >= 0.6 is 0 Å². The Morgan fingerprint density at radius 1 is 1.29 bits per heavy atom. The number of H-pyrrole nitrogens is 1. The number of aryl methyl sites for hydroxylation is 1. The lowest BCUT2D eigenvalue weighted by Crippen LogP contribution is -1.81. The largest absolute Gasteiger partial charge is 0.360 e. The monoisotopic (exact) mass is 185 g/mol. The summed E-state index contributed by atoms with van der Waals surface area (Å²) in [6.07, 6.45) is 2.56. The molecule has 0 aliphatic carbocycles. The second-order valence-corrected chi connectivity index (χ2v) is 3.28. The van der Waals surface area contributed by atoms with E-state index in [4.69, 9.17) is 0 Å². The van der Waals surface area contributed by atoms with E-state index in [9.17, 15) is 4.79 Å². The fourth-order valence-electron chi connectivity index (χ4n) is 1.51. The molecule has 0 radical (unpaired) electrons. The molecule has 2 rings (SSSR count). The van der Waals surface area contributed by atoms with Gasteiger partial charge in [0.25, 0.3) is 0 Å². The van der Waals surface area contributed by atoms with Crippen LogP contribution in [0.3, 0.4) is 0 Å². The zero-order valence-corrected chi connectivity index (χ0v) is 7.95. The minimum atomic E-state index is 0.684. The second-order valence-electron chi connectivity index (χ2n) is 3.28. The topological polar surface area (TPSA) is 32.9 Å². The van der Waals surface area contributed by atoms with E-state index in [1.165, 1.54) is 5.56 Å². The summed E-state index contributed by atoms with van der Waals surface area (Å²) in [5.41, 5.74) is 4.01. The number of hydrogen-bond acceptors (Lipinski definition) is 1. The SMILES string of the molecule is Cc1ccccc1-c1cc(C=O)c[nH]1. The van der Waals surface area contributed by atoms with Gasteiger partial charge in [-0.25, -0.2) is 0 Å². The molecule has 0 spiro atoms. The van der Waals surface area contributed by atoms with Crippen LogP contribution in [0.4, 0.5) is 0 Å². The molecule has 0 aliphatic rings. The van der Waals surface area contributed by atoms with Crippen molar-refractivity contribution in [3.05, 3.63) is 47.7 Å². The van der Waals surface area contributed by atoms with E-state index >= 15 is 0 Å². The average Bonchev–Trinajstić information content (AvgIpc) is 2.67. The van der Waals surface area contributed by atoms with Crippen molar-refractivity contribution in [3.63, 3.8) is 0 Å². The third-order valence-corrected chi connectivity index (χ3v) is 2.28. The number of rotatable bonds is 2. The van der Waals surface area contributed by atoms with Crippen LogP contribution in [-0.4, -0.2) is 11.3 Å². The predicted octanol–water partition coefficient (Wildman–Crippen LogP) is 2.80. The molecule has 1 N–H and O–H groups in total. The smallest absolute Gasteiger partial charge is 0.151 e. The maximum absolute atomic E-state index is 10.5. The van der Waals surface area contributed by atoms with Crippen LogP contribution in [0.25, 0.3) is 11.3 Å². The van der Waals surface area contributed by atoms with Crippen molar-refractivity contribution in [1.82, 2.24) is 4.98 Å². The standard InChI is InChI=1S/C12H11NO/c1-9-4-2-3-5-11(9)12-6-10(8-14)7-13-12/h2-8,13H,1H3. The highest BCUT2D eigenvalue weighted by atomic mass is 16.1. The van der Waals surface area contributed by atoms with Crippen LogP contribution in [0.5, 0.6) is 0 Å². The second kappa shape index (κ2) is 3.50. The molecule has 1 aromatic heterocycles. The van der Waals surface area contributed by atoms with Gasteiger partial charge in [0.1, 0.15) is 0 Å². The fraction of sp³-hybridized carbons (Fsp3) is 0.0833. The number of carbonyl (C=O) groups is 1. The minimum absolute atomic E-state index is 0.684. The molecule has 0 aliphatic heterocycles. The fourth-order valence-corrected chi connectivity index (χ4v) is 1.51. The summed E-state index contributed by atoms with van der Waals surface area (Å²) in [5, 5.41) is 0. The molecule has 0 saturated heterocycles. The van der Waals surface area contributed by atoms with E-state index in [0.29, 0.717) is 5.56 Å². The van der Waals surface area contributed by atoms with Gasteiger partial charge in [-0.15, -0.1) is 0 Å². The van der Waals surface area contributed by atoms with Crippen LogP contribution in [0, 0.1) is 6.92 Å². The first-order valence-electron chi connectivity index (χ1n) is 4.51. The molecule has 0 saturated carbocycles. The molecule has 0 amide bonds. The van der Waals surface area contributed by atoms with Crippen LogP contribution < -0.4 is 0 Å². The Hall–Kier alpha value is -1.83. The van der Waals surface area contributed by atoms with Crippen molar-refractivity contribution in [3.8, 4) is 11.3 Å². The van der Waals surface area contributed by atoms with E-state index in [2.05, 4.69) is 18.0 Å². The van der Waals surface area contributed by atoms with E-state index in [0.717, 1.165) is 17.5 Å². The molecular formula is C12H11NO. The molecular weight excluding hydrogens is 174 g/mol. The molecule has 0 atom stereocenters. The van der Waals surface area contributed by atoms with Gasteiger partial charge in [0.15, 0.2) is 6.29 Å². The van der Waals surface area contributed by atoms with Gasteiger partial charge < -0.3 is 4.98 Å². The Kier molecular flexibility index (Phi) is 2.19. The van der Waals surface area contributed by atoms with Crippen molar-refractivity contribution in [2.75, 3.05) is 0 Å². The van der Waals surface area contributed by atoms with Crippen LogP contribution in [0.1, 0.15) is 15.9 Å². The summed E-state index contributed by atoms with van der Waals surface area (Å²) in [4.78, 5) is 13.6. The van der Waals surface area contributed by atoms with Crippen molar-refractivity contribution in [2.24, 2.45) is 0 Å². The van der Waals surface area contributed by atoms with E-state index in [1.54, 1.807) is 6.20 Å². The van der Waals surface area contributed by atoms with Crippen molar-refractivity contribution < 1.29 is 4.79 Å². The molecule has 0 fully saturated rings. The predicted molar refractivity (Wildman–Crippen MR) is 56.4 cm³/mol. The molecule has 1 aromatic carbocycles. The lowest BCUT2D eigenvalue weighted by Gasteiger charge is -2.01. The number of aldehydes is 1. The summed E-state index contributed by atoms with van der Waals surface area (Å²) in [6, 6.07) is 9.94. The Labute approximate surface area is 82.6 Å². The summed E-state index contributed by atoms with van der Waals surface area (Å²) >= 11 is 0. The Morgan fingerprint density at radius 3 is 2.71 bits per heavy atom. The average molecular weight is 185 g/mol. The highest BCUT2D eigenvalue weighted by Crippen LogP contribution is 2.21. The first-order valence-corrected chi connectivity index (χ1v) is 4.51. The third kappa shape index (κ3) is 1.46. The zero-order valence-electron chi connectivity index (χ0n) is 7.95. The van der Waals surface area contributed by atoms with Crippen LogP contribution in [-0.2, 0) is 0 Å². The van der Waals surface area contributed by atoms with Gasteiger partial charge in [-0.1, -0.05) is 24.3 Å². The molecule has 1 heterocycles. The summed E-state index contributed by atoms with van der Waals surface area (Å²) < 4.78 is 0. The van der Waals surface area contributed by atoms with Gasteiger partial charge in [0.2, 0.25) is 0 Å².